The fourth-order valence-electron chi connectivity index (χ4n) is 2.44. The van der Waals surface area contributed by atoms with Crippen molar-refractivity contribution in [1.29, 1.82) is 0 Å². The number of hydrogen-bond donors (Lipinski definition) is 2. The molecule has 0 saturated carbocycles. The molecule has 0 radical (unpaired) electrons. The van der Waals surface area contributed by atoms with Gasteiger partial charge in [-0.1, -0.05) is 42.5 Å². The monoisotopic (exact) mass is 309 g/mol. The van der Waals surface area contributed by atoms with E-state index in [1.165, 1.54) is 12.3 Å². The van der Waals surface area contributed by atoms with E-state index in [1.54, 1.807) is 6.07 Å². The number of rotatable bonds is 5. The second kappa shape index (κ2) is 6.36. The molecule has 0 aliphatic carbocycles. The maximum absolute atomic E-state index is 12.0. The lowest BCUT2D eigenvalue weighted by molar-refractivity contribution is -0.139. The summed E-state index contributed by atoms with van der Waals surface area (Å²) in [5, 5.41) is 14.0. The number of benzene rings is 2. The summed E-state index contributed by atoms with van der Waals surface area (Å²) in [7, 11) is 0. The maximum atomic E-state index is 12.0. The van der Waals surface area contributed by atoms with E-state index in [-0.39, 0.29) is 12.2 Å². The third-order valence-electron chi connectivity index (χ3n) is 3.60. The normalized spacial score (nSPS) is 12.0. The number of fused-ring (bicyclic) bond motifs is 1. The van der Waals surface area contributed by atoms with Crippen LogP contribution < -0.4 is 5.32 Å². The van der Waals surface area contributed by atoms with Crippen molar-refractivity contribution in [3.8, 4) is 0 Å². The van der Waals surface area contributed by atoms with Crippen molar-refractivity contribution in [2.75, 3.05) is 0 Å². The first-order chi connectivity index (χ1) is 11.1. The lowest BCUT2D eigenvalue weighted by atomic mass is 10.0. The Morgan fingerprint density at radius 1 is 1.04 bits per heavy atom. The number of carbonyl (C=O) groups is 2. The van der Waals surface area contributed by atoms with Gasteiger partial charge in [-0.2, -0.15) is 0 Å². The van der Waals surface area contributed by atoms with Crippen molar-refractivity contribution in [3.05, 3.63) is 72.2 Å². The maximum Gasteiger partial charge on any atom is 0.326 e. The summed E-state index contributed by atoms with van der Waals surface area (Å²) >= 11 is 0. The van der Waals surface area contributed by atoms with E-state index in [4.69, 9.17) is 4.42 Å². The van der Waals surface area contributed by atoms with Crippen molar-refractivity contribution in [2.24, 2.45) is 0 Å². The van der Waals surface area contributed by atoms with Gasteiger partial charge in [-0.3, -0.25) is 4.79 Å². The molecule has 0 spiro atoms. The van der Waals surface area contributed by atoms with Crippen molar-refractivity contribution in [3.63, 3.8) is 0 Å². The Kier molecular flexibility index (Phi) is 4.10. The van der Waals surface area contributed by atoms with Crippen LogP contribution in [0.5, 0.6) is 0 Å². The van der Waals surface area contributed by atoms with E-state index in [1.807, 2.05) is 42.5 Å². The molecule has 5 nitrogen and oxygen atoms in total. The van der Waals surface area contributed by atoms with E-state index in [0.29, 0.717) is 0 Å². The molecule has 1 amide bonds. The number of hydrogen-bond acceptors (Lipinski definition) is 3. The van der Waals surface area contributed by atoms with Crippen LogP contribution in [-0.2, 0) is 11.2 Å². The van der Waals surface area contributed by atoms with E-state index < -0.39 is 17.9 Å². The van der Waals surface area contributed by atoms with Crippen LogP contribution in [0.15, 0.2) is 65.3 Å². The first kappa shape index (κ1) is 14.8. The molecule has 2 aromatic carbocycles. The highest BCUT2D eigenvalue weighted by molar-refractivity contribution is 5.94. The van der Waals surface area contributed by atoms with Crippen molar-refractivity contribution in [2.45, 2.75) is 12.5 Å². The van der Waals surface area contributed by atoms with Crippen molar-refractivity contribution < 1.29 is 19.1 Å². The standard InChI is InChI=1S/C18H15NO4/c20-17(16-6-3-9-23-16)19-15(18(21)22)11-12-7-8-13-4-1-2-5-14(13)10-12/h1-10,15H,11H2,(H,19,20)(H,21,22)/t15-/m0/s1. The molecule has 23 heavy (non-hydrogen) atoms. The fraction of sp³-hybridized carbons (Fsp3) is 0.111. The first-order valence-corrected chi connectivity index (χ1v) is 7.18. The van der Waals surface area contributed by atoms with Gasteiger partial charge in [-0.25, -0.2) is 4.79 Å². The summed E-state index contributed by atoms with van der Waals surface area (Å²) in [5.41, 5.74) is 0.843. The summed E-state index contributed by atoms with van der Waals surface area (Å²) in [4.78, 5) is 23.4. The van der Waals surface area contributed by atoms with Gasteiger partial charge in [0.2, 0.25) is 0 Å². The van der Waals surface area contributed by atoms with Gasteiger partial charge < -0.3 is 14.8 Å². The Hall–Kier alpha value is -3.08. The highest BCUT2D eigenvalue weighted by Gasteiger charge is 2.22. The van der Waals surface area contributed by atoms with Crippen LogP contribution >= 0.6 is 0 Å². The Labute approximate surface area is 132 Å². The van der Waals surface area contributed by atoms with Crippen molar-refractivity contribution in [1.82, 2.24) is 5.32 Å². The molecule has 1 aromatic heterocycles. The number of furan rings is 1. The zero-order valence-corrected chi connectivity index (χ0v) is 12.2. The number of amides is 1. The summed E-state index contributed by atoms with van der Waals surface area (Å²) in [5.74, 6) is -1.53. The van der Waals surface area contributed by atoms with Crippen LogP contribution in [0.4, 0.5) is 0 Å². The lowest BCUT2D eigenvalue weighted by Crippen LogP contribution is -2.42. The fourth-order valence-corrected chi connectivity index (χ4v) is 2.44. The number of carboxylic acid groups (broad SMARTS) is 1. The number of aliphatic carboxylic acids is 1. The quantitative estimate of drug-likeness (QED) is 0.759. The topological polar surface area (TPSA) is 79.5 Å². The molecule has 1 atom stereocenters. The predicted molar refractivity (Wildman–Crippen MR) is 85.3 cm³/mol. The van der Waals surface area contributed by atoms with Crippen LogP contribution in [0.3, 0.4) is 0 Å². The lowest BCUT2D eigenvalue weighted by Gasteiger charge is -2.14. The Morgan fingerprint density at radius 2 is 1.83 bits per heavy atom. The van der Waals surface area contributed by atoms with E-state index in [9.17, 15) is 14.7 Å². The third kappa shape index (κ3) is 3.40. The summed E-state index contributed by atoms with van der Waals surface area (Å²) < 4.78 is 4.98. The molecule has 0 aliphatic heterocycles. The molecule has 1 heterocycles. The molecule has 5 heteroatoms. The summed E-state index contributed by atoms with van der Waals surface area (Å²) in [6, 6.07) is 15.6. The van der Waals surface area contributed by atoms with Gasteiger partial charge in [0, 0.05) is 6.42 Å². The van der Waals surface area contributed by atoms with Crippen LogP contribution in [0.25, 0.3) is 10.8 Å². The Bertz CT molecular complexity index is 839. The predicted octanol–water partition coefficient (Wildman–Crippen LogP) is 2.86. The molecule has 2 N–H and O–H groups in total. The molecule has 0 unspecified atom stereocenters. The molecule has 0 aliphatic rings. The zero-order valence-electron chi connectivity index (χ0n) is 12.2. The number of nitrogens with one attached hydrogen (secondary N) is 1. The molecular formula is C18H15NO4. The van der Waals surface area contributed by atoms with Crippen LogP contribution in [0.1, 0.15) is 16.1 Å². The van der Waals surface area contributed by atoms with Gasteiger partial charge in [0.05, 0.1) is 6.26 Å². The highest BCUT2D eigenvalue weighted by atomic mass is 16.4. The van der Waals surface area contributed by atoms with Crippen LogP contribution in [0.2, 0.25) is 0 Å². The SMILES string of the molecule is O=C(N[C@@H](Cc1ccc2ccccc2c1)C(=O)O)c1ccco1. The van der Waals surface area contributed by atoms with Gasteiger partial charge in [-0.05, 0) is 28.5 Å². The average Bonchev–Trinajstić information content (AvgIpc) is 3.08. The van der Waals surface area contributed by atoms with Gasteiger partial charge in [0.15, 0.2) is 5.76 Å². The molecule has 0 saturated heterocycles. The second-order valence-corrected chi connectivity index (χ2v) is 5.23. The zero-order chi connectivity index (χ0) is 16.2. The Balaban J connectivity index is 1.78. The number of carboxylic acids is 1. The van der Waals surface area contributed by atoms with Gasteiger partial charge >= 0.3 is 5.97 Å². The largest absolute Gasteiger partial charge is 0.480 e. The van der Waals surface area contributed by atoms with E-state index in [0.717, 1.165) is 16.3 Å². The number of carbonyl (C=O) groups excluding carboxylic acids is 1. The van der Waals surface area contributed by atoms with Crippen LogP contribution in [0, 0.1) is 0 Å². The van der Waals surface area contributed by atoms with Gasteiger partial charge in [0.1, 0.15) is 6.04 Å². The minimum Gasteiger partial charge on any atom is -0.480 e. The smallest absolute Gasteiger partial charge is 0.326 e. The van der Waals surface area contributed by atoms with Gasteiger partial charge in [-0.15, -0.1) is 0 Å². The highest BCUT2D eigenvalue weighted by Crippen LogP contribution is 2.17. The third-order valence-corrected chi connectivity index (χ3v) is 3.60. The second-order valence-electron chi connectivity index (χ2n) is 5.23. The van der Waals surface area contributed by atoms with Crippen molar-refractivity contribution >= 4 is 22.6 Å². The molecule has 0 bridgehead atoms. The van der Waals surface area contributed by atoms with E-state index >= 15 is 0 Å². The minimum absolute atomic E-state index is 0.0924. The molecular weight excluding hydrogens is 294 g/mol. The summed E-state index contributed by atoms with van der Waals surface area (Å²) in [6.45, 7) is 0. The minimum atomic E-state index is -1.09. The first-order valence-electron chi connectivity index (χ1n) is 7.18. The Morgan fingerprint density at radius 3 is 2.52 bits per heavy atom. The van der Waals surface area contributed by atoms with Crippen LogP contribution in [-0.4, -0.2) is 23.0 Å². The van der Waals surface area contributed by atoms with Gasteiger partial charge in [0.25, 0.3) is 5.91 Å². The molecule has 0 fully saturated rings. The molecule has 116 valence electrons. The summed E-state index contributed by atoms with van der Waals surface area (Å²) in [6.07, 6.45) is 1.57. The van der Waals surface area contributed by atoms with E-state index in [2.05, 4.69) is 5.32 Å². The molecule has 3 aromatic rings. The molecule has 3 rings (SSSR count). The average molecular weight is 309 g/mol.